The van der Waals surface area contributed by atoms with E-state index in [1.807, 2.05) is 105 Å². The number of hydrogen-bond donors (Lipinski definition) is 0. The van der Waals surface area contributed by atoms with Gasteiger partial charge >= 0.3 is 0 Å². The van der Waals surface area contributed by atoms with Crippen LogP contribution in [0.1, 0.15) is 11.5 Å². The van der Waals surface area contributed by atoms with E-state index in [0.29, 0.717) is 40.5 Å². The molecule has 2 heterocycles. The number of carbonyl (C=O) groups excluding carboxylic acids is 1. The molecule has 0 atom stereocenters. The van der Waals surface area contributed by atoms with Gasteiger partial charge in [-0.2, -0.15) is 9.29 Å². The Morgan fingerprint density at radius 3 is 1.70 bits per heavy atom. The van der Waals surface area contributed by atoms with Crippen LogP contribution in [0.25, 0.3) is 32.9 Å². The number of aryl methyl sites for hydroxylation is 1. The highest BCUT2D eigenvalue weighted by atomic mass is 35.7. The van der Waals surface area contributed by atoms with Gasteiger partial charge in [-0.25, -0.2) is 16.8 Å². The quantitative estimate of drug-likeness (QED) is 0.165. The van der Waals surface area contributed by atoms with Gasteiger partial charge in [-0.3, -0.25) is 4.79 Å². The SMILES string of the molecule is CN(C)c1cccc2c(S(=O)(=O)Cl)cccc12.Cc1nc(-c2ccc(CC(=O)N3CCN(S(=O)(=O)c4cccc5c(N(C)C)cccc45)CC3)cc2)no1. The second kappa shape index (κ2) is 15.8. The van der Waals surface area contributed by atoms with Crippen LogP contribution in [0.4, 0.5) is 11.4 Å². The zero-order valence-corrected chi connectivity index (χ0v) is 33.0. The average molecular weight is 789 g/mol. The second-order valence-corrected chi connectivity index (χ2v) is 17.7. The first kappa shape index (κ1) is 38.7. The van der Waals surface area contributed by atoms with Crippen LogP contribution in [-0.4, -0.2) is 96.5 Å². The first-order chi connectivity index (χ1) is 25.6. The Balaban J connectivity index is 0.000000244. The highest BCUT2D eigenvalue weighted by Crippen LogP contribution is 2.33. The summed E-state index contributed by atoms with van der Waals surface area (Å²) in [7, 11) is 5.70. The Hall–Kier alpha value is -5.02. The number of carbonyl (C=O) groups is 1. The summed E-state index contributed by atoms with van der Waals surface area (Å²) in [5.74, 6) is 0.979. The summed E-state index contributed by atoms with van der Waals surface area (Å²) >= 11 is 0. The molecular weight excluding hydrogens is 748 g/mol. The molecule has 282 valence electrons. The third kappa shape index (κ3) is 8.21. The molecule has 6 aromatic rings. The van der Waals surface area contributed by atoms with E-state index in [4.69, 9.17) is 15.2 Å². The van der Waals surface area contributed by atoms with E-state index in [2.05, 4.69) is 10.1 Å². The van der Waals surface area contributed by atoms with Gasteiger partial charge in [0.1, 0.15) is 0 Å². The van der Waals surface area contributed by atoms with Crippen molar-refractivity contribution in [1.29, 1.82) is 0 Å². The molecule has 7 rings (SSSR count). The van der Waals surface area contributed by atoms with E-state index < -0.39 is 19.1 Å². The molecule has 54 heavy (non-hydrogen) atoms. The predicted octanol–water partition coefficient (Wildman–Crippen LogP) is 6.17. The summed E-state index contributed by atoms with van der Waals surface area (Å²) in [5.41, 5.74) is 3.62. The maximum absolute atomic E-state index is 13.6. The Bertz CT molecular complexity index is 2530. The third-order valence-corrected chi connectivity index (χ3v) is 12.6. The van der Waals surface area contributed by atoms with Gasteiger partial charge in [0.2, 0.25) is 27.6 Å². The van der Waals surface area contributed by atoms with Crippen LogP contribution >= 0.6 is 10.7 Å². The predicted molar refractivity (Wildman–Crippen MR) is 213 cm³/mol. The molecule has 1 aromatic heterocycles. The third-order valence-electron chi connectivity index (χ3n) is 9.25. The molecule has 5 aromatic carbocycles. The average Bonchev–Trinajstić information content (AvgIpc) is 3.59. The molecule has 1 saturated heterocycles. The number of nitrogens with zero attached hydrogens (tertiary/aromatic N) is 6. The fourth-order valence-electron chi connectivity index (χ4n) is 6.54. The van der Waals surface area contributed by atoms with Crippen molar-refractivity contribution < 1.29 is 26.2 Å². The molecule has 1 aliphatic rings. The van der Waals surface area contributed by atoms with Gasteiger partial charge in [0, 0.05) is 110 Å². The normalized spacial score (nSPS) is 13.8. The van der Waals surface area contributed by atoms with Gasteiger partial charge in [0.25, 0.3) is 9.05 Å². The van der Waals surface area contributed by atoms with Crippen LogP contribution < -0.4 is 9.80 Å². The van der Waals surface area contributed by atoms with Crippen molar-refractivity contribution >= 4 is 68.6 Å². The molecule has 1 aliphatic heterocycles. The van der Waals surface area contributed by atoms with E-state index in [-0.39, 0.29) is 30.3 Å². The summed E-state index contributed by atoms with van der Waals surface area (Å²) in [6, 6.07) is 29.2. The summed E-state index contributed by atoms with van der Waals surface area (Å²) in [4.78, 5) is 23.2. The van der Waals surface area contributed by atoms with Gasteiger partial charge in [0.05, 0.1) is 16.2 Å². The van der Waals surface area contributed by atoms with Crippen molar-refractivity contribution in [2.75, 3.05) is 64.2 Å². The number of anilines is 2. The maximum Gasteiger partial charge on any atom is 0.261 e. The van der Waals surface area contributed by atoms with Crippen molar-refractivity contribution in [2.45, 2.75) is 23.1 Å². The number of halogens is 1. The molecule has 12 nitrogen and oxygen atoms in total. The highest BCUT2D eigenvalue weighted by molar-refractivity contribution is 8.14. The van der Waals surface area contributed by atoms with Gasteiger partial charge in [-0.15, -0.1) is 0 Å². The number of amides is 1. The van der Waals surface area contributed by atoms with E-state index in [0.717, 1.165) is 33.3 Å². The molecule has 15 heteroatoms. The second-order valence-electron chi connectivity index (χ2n) is 13.3. The van der Waals surface area contributed by atoms with E-state index in [1.165, 1.54) is 10.4 Å². The van der Waals surface area contributed by atoms with Crippen LogP contribution in [0, 0.1) is 6.92 Å². The molecular formula is C39H41ClN6O6S2. The van der Waals surface area contributed by atoms with Crippen molar-refractivity contribution in [3.63, 3.8) is 0 Å². The molecule has 0 radical (unpaired) electrons. The van der Waals surface area contributed by atoms with Gasteiger partial charge < -0.3 is 19.2 Å². The largest absolute Gasteiger partial charge is 0.377 e. The van der Waals surface area contributed by atoms with E-state index >= 15 is 0 Å². The van der Waals surface area contributed by atoms with Gasteiger partial charge in [-0.05, 0) is 29.8 Å². The summed E-state index contributed by atoms with van der Waals surface area (Å²) in [6.07, 6.45) is 0.245. The molecule has 0 N–H and O–H groups in total. The number of fused-ring (bicyclic) bond motifs is 2. The van der Waals surface area contributed by atoms with Crippen molar-refractivity contribution in [2.24, 2.45) is 0 Å². The van der Waals surface area contributed by atoms with Crippen molar-refractivity contribution in [3.8, 4) is 11.4 Å². The number of aromatic nitrogens is 2. The minimum Gasteiger partial charge on any atom is -0.377 e. The van der Waals surface area contributed by atoms with E-state index in [9.17, 15) is 21.6 Å². The van der Waals surface area contributed by atoms with Crippen LogP contribution in [0.2, 0.25) is 0 Å². The highest BCUT2D eigenvalue weighted by Gasteiger charge is 2.31. The molecule has 0 bridgehead atoms. The molecule has 0 aliphatic carbocycles. The summed E-state index contributed by atoms with van der Waals surface area (Å²) in [6.45, 7) is 2.96. The first-order valence-electron chi connectivity index (χ1n) is 17.2. The lowest BCUT2D eigenvalue weighted by atomic mass is 10.1. The fraction of sp³-hybridized carbons (Fsp3) is 0.256. The number of benzene rings is 5. The molecule has 1 amide bonds. The van der Waals surface area contributed by atoms with Gasteiger partial charge in [-0.1, -0.05) is 78.0 Å². The van der Waals surface area contributed by atoms with Crippen molar-refractivity contribution in [1.82, 2.24) is 19.3 Å². The van der Waals surface area contributed by atoms with Crippen LogP contribution in [0.15, 0.2) is 111 Å². The summed E-state index contributed by atoms with van der Waals surface area (Å²) < 4.78 is 56.6. The van der Waals surface area contributed by atoms with Crippen LogP contribution in [0.5, 0.6) is 0 Å². The Morgan fingerprint density at radius 1 is 0.704 bits per heavy atom. The zero-order chi connectivity index (χ0) is 38.8. The Kier molecular flexibility index (Phi) is 11.3. The minimum absolute atomic E-state index is 0.0269. The van der Waals surface area contributed by atoms with E-state index in [1.54, 1.807) is 36.1 Å². The van der Waals surface area contributed by atoms with Crippen molar-refractivity contribution in [3.05, 3.63) is 109 Å². The number of sulfonamides is 1. The zero-order valence-electron chi connectivity index (χ0n) is 30.6. The lowest BCUT2D eigenvalue weighted by Crippen LogP contribution is -2.50. The maximum atomic E-state index is 13.6. The smallest absolute Gasteiger partial charge is 0.261 e. The first-order valence-corrected chi connectivity index (χ1v) is 20.9. The summed E-state index contributed by atoms with van der Waals surface area (Å²) in [5, 5.41) is 7.02. The number of rotatable bonds is 8. The Labute approximate surface area is 320 Å². The molecule has 0 unspecified atom stereocenters. The van der Waals surface area contributed by atoms with Crippen LogP contribution in [-0.2, 0) is 30.3 Å². The standard InChI is InChI=1S/C27H29N5O4S.C12H12ClNO2S/c1-19-28-27(29-36-19)21-12-10-20(11-13-21)18-26(33)31-14-16-32(17-15-31)37(34,35)25-9-5-6-22-23(25)7-4-8-24(22)30(2)3;1-14(2)11-7-3-6-10-9(11)5-4-8-12(10)17(13,15)16/h4-13H,14-18H2,1-3H3;3-8H,1-2H3. The molecule has 0 spiro atoms. The lowest BCUT2D eigenvalue weighted by molar-refractivity contribution is -0.131. The Morgan fingerprint density at radius 2 is 1.20 bits per heavy atom. The van der Waals surface area contributed by atoms with Gasteiger partial charge in [0.15, 0.2) is 0 Å². The minimum atomic E-state index is -3.72. The molecule has 1 fully saturated rings. The fourth-order valence-corrected chi connectivity index (χ4v) is 9.25. The lowest BCUT2D eigenvalue weighted by Gasteiger charge is -2.34. The number of piperazine rings is 1. The topological polar surface area (TPSA) is 137 Å². The van der Waals surface area contributed by atoms with Crippen LogP contribution in [0.3, 0.4) is 0 Å². The number of hydrogen-bond acceptors (Lipinski definition) is 10. The molecule has 0 saturated carbocycles. The monoisotopic (exact) mass is 788 g/mol.